The highest BCUT2D eigenvalue weighted by molar-refractivity contribution is 4.88. The van der Waals surface area contributed by atoms with Crippen LogP contribution in [0, 0.1) is 11.8 Å². The van der Waals surface area contributed by atoms with E-state index in [1.807, 2.05) is 0 Å². The maximum absolute atomic E-state index is 1.58. The fourth-order valence-electron chi connectivity index (χ4n) is 3.24. The lowest BCUT2D eigenvalue weighted by atomic mass is 10.0. The van der Waals surface area contributed by atoms with Gasteiger partial charge in [0.2, 0.25) is 0 Å². The molecule has 2 atom stereocenters. The summed E-state index contributed by atoms with van der Waals surface area (Å²) in [6.45, 7) is 0. The van der Waals surface area contributed by atoms with Gasteiger partial charge in [0.25, 0.3) is 0 Å². The fourth-order valence-corrected chi connectivity index (χ4v) is 3.24. The lowest BCUT2D eigenvalue weighted by Gasteiger charge is -2.05. The first-order valence-electron chi connectivity index (χ1n) is 7.47. The van der Waals surface area contributed by atoms with Crippen LogP contribution in [0.4, 0.5) is 0 Å². The van der Waals surface area contributed by atoms with E-state index in [0.29, 0.717) is 0 Å². The van der Waals surface area contributed by atoms with Crippen molar-refractivity contribution in [2.24, 2.45) is 11.8 Å². The molecule has 0 N–H and O–H groups in total. The number of fused-ring (bicyclic) bond motifs is 1. The van der Waals surface area contributed by atoms with E-state index >= 15 is 0 Å². The van der Waals surface area contributed by atoms with Gasteiger partial charge in [0.05, 0.1) is 0 Å². The number of rotatable bonds is 0. The minimum atomic E-state index is 1.20. The summed E-state index contributed by atoms with van der Waals surface area (Å²) < 4.78 is 0. The van der Waals surface area contributed by atoms with Crippen molar-refractivity contribution in [2.45, 2.75) is 83.5 Å². The van der Waals surface area contributed by atoms with Crippen LogP contribution in [0.3, 0.4) is 0 Å². The molecule has 3 saturated carbocycles. The lowest BCUT2D eigenvalue weighted by molar-refractivity contribution is 0.480. The van der Waals surface area contributed by atoms with Crippen LogP contribution in [0.1, 0.15) is 83.5 Å². The summed E-state index contributed by atoms with van der Waals surface area (Å²) in [6.07, 6.45) is 19.8. The van der Waals surface area contributed by atoms with Gasteiger partial charge < -0.3 is 0 Å². The van der Waals surface area contributed by atoms with E-state index in [1.54, 1.807) is 19.3 Å². The molecule has 0 radical (unpaired) electrons. The molecule has 0 aromatic heterocycles. The van der Waals surface area contributed by atoms with E-state index in [9.17, 15) is 0 Å². The average molecular weight is 208 g/mol. The Hall–Kier alpha value is 0. The van der Waals surface area contributed by atoms with Gasteiger partial charge in [-0.1, -0.05) is 77.0 Å². The summed E-state index contributed by atoms with van der Waals surface area (Å²) in [5.74, 6) is 2.41. The van der Waals surface area contributed by atoms with Gasteiger partial charge in [-0.2, -0.15) is 0 Å². The smallest absolute Gasteiger partial charge is 0.0383 e. The third-order valence-electron chi connectivity index (χ3n) is 4.47. The van der Waals surface area contributed by atoms with Crippen molar-refractivity contribution >= 4 is 0 Å². The summed E-state index contributed by atoms with van der Waals surface area (Å²) in [6, 6.07) is 0. The Balaban J connectivity index is 0.000000114. The van der Waals surface area contributed by atoms with Crippen LogP contribution in [-0.2, 0) is 0 Å². The van der Waals surface area contributed by atoms with Crippen molar-refractivity contribution in [2.75, 3.05) is 0 Å². The normalized spacial score (nSPS) is 35.2. The SMILES string of the molecule is C1CCC2CC2C1.C1CCCCCCC1. The molecule has 0 aromatic carbocycles. The maximum atomic E-state index is 1.58. The summed E-state index contributed by atoms with van der Waals surface area (Å²) >= 11 is 0. The first kappa shape index (κ1) is 11.5. The third kappa shape index (κ3) is 4.57. The molecule has 3 rings (SSSR count). The van der Waals surface area contributed by atoms with Gasteiger partial charge in [-0.25, -0.2) is 0 Å². The van der Waals surface area contributed by atoms with Crippen molar-refractivity contribution < 1.29 is 0 Å². The highest BCUT2D eigenvalue weighted by Crippen LogP contribution is 2.49. The molecule has 3 aliphatic carbocycles. The second-order valence-electron chi connectivity index (χ2n) is 5.87. The van der Waals surface area contributed by atoms with Crippen molar-refractivity contribution in [3.05, 3.63) is 0 Å². The first-order valence-corrected chi connectivity index (χ1v) is 7.47. The molecule has 0 nitrogen and oxygen atoms in total. The monoisotopic (exact) mass is 208 g/mol. The fraction of sp³-hybridized carbons (Fsp3) is 1.00. The molecule has 15 heavy (non-hydrogen) atoms. The van der Waals surface area contributed by atoms with E-state index in [1.165, 1.54) is 76.0 Å². The Labute approximate surface area is 95.8 Å². The Morgan fingerprint density at radius 1 is 0.400 bits per heavy atom. The van der Waals surface area contributed by atoms with E-state index in [-0.39, 0.29) is 0 Å². The molecule has 0 aliphatic heterocycles. The Bertz CT molecular complexity index is 127. The molecule has 2 unspecified atom stereocenters. The van der Waals surface area contributed by atoms with Gasteiger partial charge in [-0.15, -0.1) is 0 Å². The molecule has 0 spiro atoms. The summed E-state index contributed by atoms with van der Waals surface area (Å²) in [5.41, 5.74) is 0. The zero-order valence-corrected chi connectivity index (χ0v) is 10.3. The van der Waals surface area contributed by atoms with Gasteiger partial charge in [-0.3, -0.25) is 0 Å². The lowest BCUT2D eigenvalue weighted by Crippen LogP contribution is -1.91. The molecular weight excluding hydrogens is 180 g/mol. The Kier molecular flexibility index (Phi) is 5.02. The van der Waals surface area contributed by atoms with Gasteiger partial charge in [-0.05, 0) is 18.3 Å². The molecule has 0 bridgehead atoms. The molecule has 88 valence electrons. The van der Waals surface area contributed by atoms with E-state index in [4.69, 9.17) is 0 Å². The van der Waals surface area contributed by atoms with Crippen molar-refractivity contribution in [3.63, 3.8) is 0 Å². The standard InChI is InChI=1S/C8H16.C7H12/c1-2-4-6-8-7-5-3-1;1-2-4-7-5-6(7)3-1/h1-8H2;6-7H,1-5H2. The molecule has 0 heteroatoms. The first-order chi connectivity index (χ1) is 7.47. The highest BCUT2D eigenvalue weighted by Gasteiger charge is 2.37. The predicted molar refractivity (Wildman–Crippen MR) is 67.0 cm³/mol. The molecule has 3 fully saturated rings. The maximum Gasteiger partial charge on any atom is -0.0383 e. The van der Waals surface area contributed by atoms with Crippen LogP contribution in [0.2, 0.25) is 0 Å². The molecule has 0 amide bonds. The van der Waals surface area contributed by atoms with E-state index < -0.39 is 0 Å². The van der Waals surface area contributed by atoms with Crippen molar-refractivity contribution in [1.82, 2.24) is 0 Å². The molecule has 0 aromatic rings. The highest BCUT2D eigenvalue weighted by atomic mass is 14.4. The van der Waals surface area contributed by atoms with Gasteiger partial charge in [0, 0.05) is 0 Å². The summed E-state index contributed by atoms with van der Waals surface area (Å²) in [5, 5.41) is 0. The van der Waals surface area contributed by atoms with Crippen LogP contribution in [-0.4, -0.2) is 0 Å². The quantitative estimate of drug-likeness (QED) is 0.505. The topological polar surface area (TPSA) is 0 Å². The number of hydrogen-bond donors (Lipinski definition) is 0. The van der Waals surface area contributed by atoms with E-state index in [0.717, 1.165) is 0 Å². The third-order valence-corrected chi connectivity index (χ3v) is 4.47. The van der Waals surface area contributed by atoms with Crippen molar-refractivity contribution in [3.8, 4) is 0 Å². The average Bonchev–Trinajstić information content (AvgIpc) is 2.95. The largest absolute Gasteiger partial charge is 0.0533 e. The predicted octanol–water partition coefficient (Wildman–Crippen LogP) is 5.32. The summed E-state index contributed by atoms with van der Waals surface area (Å²) in [7, 11) is 0. The van der Waals surface area contributed by atoms with Crippen molar-refractivity contribution in [1.29, 1.82) is 0 Å². The van der Waals surface area contributed by atoms with Crippen LogP contribution in [0.15, 0.2) is 0 Å². The minimum absolute atomic E-state index is 1.20. The Morgan fingerprint density at radius 2 is 0.733 bits per heavy atom. The molecule has 3 aliphatic rings. The number of hydrogen-bond acceptors (Lipinski definition) is 0. The van der Waals surface area contributed by atoms with Gasteiger partial charge in [0.15, 0.2) is 0 Å². The summed E-state index contributed by atoms with van der Waals surface area (Å²) in [4.78, 5) is 0. The minimum Gasteiger partial charge on any atom is -0.0533 e. The van der Waals surface area contributed by atoms with Crippen LogP contribution >= 0.6 is 0 Å². The zero-order chi connectivity index (χ0) is 10.3. The molecule has 0 saturated heterocycles. The van der Waals surface area contributed by atoms with Gasteiger partial charge >= 0.3 is 0 Å². The molecular formula is C15H28. The van der Waals surface area contributed by atoms with Crippen LogP contribution < -0.4 is 0 Å². The van der Waals surface area contributed by atoms with E-state index in [2.05, 4.69) is 0 Å². The Morgan fingerprint density at radius 3 is 1.00 bits per heavy atom. The van der Waals surface area contributed by atoms with Gasteiger partial charge in [0.1, 0.15) is 0 Å². The van der Waals surface area contributed by atoms with Crippen LogP contribution in [0.25, 0.3) is 0 Å². The molecule has 0 heterocycles. The second kappa shape index (κ2) is 6.55. The zero-order valence-electron chi connectivity index (χ0n) is 10.3. The van der Waals surface area contributed by atoms with Crippen LogP contribution in [0.5, 0.6) is 0 Å². The second-order valence-corrected chi connectivity index (χ2v) is 5.87.